The van der Waals surface area contributed by atoms with E-state index >= 15 is 0 Å². The summed E-state index contributed by atoms with van der Waals surface area (Å²) in [6.07, 6.45) is 4.61. The molecule has 0 spiro atoms. The molecule has 0 aliphatic carbocycles. The van der Waals surface area contributed by atoms with E-state index in [1.54, 1.807) is 11.6 Å². The summed E-state index contributed by atoms with van der Waals surface area (Å²) in [5, 5.41) is 4.55. The molecule has 2 aromatic heterocycles. The van der Waals surface area contributed by atoms with Gasteiger partial charge in [-0.3, -0.25) is 14.0 Å². The lowest BCUT2D eigenvalue weighted by Gasteiger charge is -2.26. The first-order chi connectivity index (χ1) is 11.7. The molecule has 1 atom stereocenters. The maximum absolute atomic E-state index is 12.3. The molecule has 3 aromatic rings. The van der Waals surface area contributed by atoms with Crippen LogP contribution in [0.2, 0.25) is 0 Å². The molecule has 122 valence electrons. The highest BCUT2D eigenvalue weighted by molar-refractivity contribution is 7.15. The number of thiazole rings is 1. The first-order valence-electron chi connectivity index (χ1n) is 7.70. The number of aryl methyl sites for hydroxylation is 1. The zero-order valence-electron chi connectivity index (χ0n) is 12.8. The van der Waals surface area contributed by atoms with Crippen LogP contribution in [0, 0.1) is 0 Å². The zero-order chi connectivity index (χ0) is 16.5. The summed E-state index contributed by atoms with van der Waals surface area (Å²) < 4.78 is 7.28. The fourth-order valence-electron chi connectivity index (χ4n) is 2.81. The van der Waals surface area contributed by atoms with Gasteiger partial charge < -0.3 is 10.1 Å². The molecule has 0 unspecified atom stereocenters. The van der Waals surface area contributed by atoms with Gasteiger partial charge in [0.25, 0.3) is 11.5 Å². The third kappa shape index (κ3) is 2.67. The first kappa shape index (κ1) is 14.9. The van der Waals surface area contributed by atoms with Crippen LogP contribution in [0.15, 0.2) is 46.8 Å². The maximum Gasteiger partial charge on any atom is 0.271 e. The zero-order valence-corrected chi connectivity index (χ0v) is 13.6. The molecule has 0 saturated heterocycles. The average Bonchev–Trinajstić information content (AvgIpc) is 3.09. The van der Waals surface area contributed by atoms with E-state index in [9.17, 15) is 9.59 Å². The fraction of sp³-hybridized carbons (Fsp3) is 0.235. The molecule has 1 aliphatic heterocycles. The molecule has 3 heterocycles. The predicted octanol–water partition coefficient (Wildman–Crippen LogP) is 1.88. The van der Waals surface area contributed by atoms with E-state index in [1.807, 2.05) is 24.3 Å². The summed E-state index contributed by atoms with van der Waals surface area (Å²) in [5.74, 6) is 0.444. The number of fused-ring (bicyclic) bond motifs is 2. The number of amides is 1. The molecule has 1 aliphatic rings. The molecule has 6 nitrogen and oxygen atoms in total. The smallest absolute Gasteiger partial charge is 0.271 e. The number of benzene rings is 1. The lowest BCUT2D eigenvalue weighted by atomic mass is 10.0. The molecule has 0 radical (unpaired) electrons. The van der Waals surface area contributed by atoms with Crippen LogP contribution in [0.4, 0.5) is 0 Å². The Kier molecular flexibility index (Phi) is 3.78. The molecule has 0 saturated carbocycles. The van der Waals surface area contributed by atoms with E-state index in [0.717, 1.165) is 18.6 Å². The number of nitrogens with one attached hydrogen (secondary N) is 1. The normalized spacial score (nSPS) is 16.4. The Bertz CT molecular complexity index is 963. The van der Waals surface area contributed by atoms with Crippen molar-refractivity contribution in [3.05, 3.63) is 63.5 Å². The number of nitrogens with zero attached hydrogens (tertiary/aromatic N) is 2. The monoisotopic (exact) mass is 341 g/mol. The van der Waals surface area contributed by atoms with Crippen LogP contribution in [0.25, 0.3) is 4.96 Å². The van der Waals surface area contributed by atoms with Crippen LogP contribution >= 0.6 is 11.3 Å². The van der Waals surface area contributed by atoms with Crippen molar-refractivity contribution in [2.24, 2.45) is 0 Å². The Morgan fingerprint density at radius 2 is 2.29 bits per heavy atom. The number of hydrogen-bond donors (Lipinski definition) is 1. The van der Waals surface area contributed by atoms with Gasteiger partial charge in [-0.05, 0) is 24.5 Å². The summed E-state index contributed by atoms with van der Waals surface area (Å²) in [6.45, 7) is 0.360. The summed E-state index contributed by atoms with van der Waals surface area (Å²) in [6, 6.07) is 7.91. The van der Waals surface area contributed by atoms with Gasteiger partial charge in [-0.25, -0.2) is 4.98 Å². The Morgan fingerprint density at radius 3 is 3.21 bits per heavy atom. The molecular weight excluding hydrogens is 326 g/mol. The van der Waals surface area contributed by atoms with Gasteiger partial charge in [0.15, 0.2) is 4.96 Å². The van der Waals surface area contributed by atoms with E-state index in [-0.39, 0.29) is 17.2 Å². The Labute approximate surface area is 141 Å². The summed E-state index contributed by atoms with van der Waals surface area (Å²) in [5.41, 5.74) is 0.876. The van der Waals surface area contributed by atoms with Crippen molar-refractivity contribution in [2.75, 3.05) is 6.54 Å². The second-order valence-electron chi connectivity index (χ2n) is 5.63. The second kappa shape index (κ2) is 6.09. The minimum Gasteiger partial charge on any atom is -0.488 e. The van der Waals surface area contributed by atoms with E-state index < -0.39 is 5.91 Å². The highest BCUT2D eigenvalue weighted by atomic mass is 32.1. The molecule has 7 heteroatoms. The highest BCUT2D eigenvalue weighted by Gasteiger charge is 2.21. The molecule has 1 amide bonds. The summed E-state index contributed by atoms with van der Waals surface area (Å²) >= 11 is 1.35. The van der Waals surface area contributed by atoms with Gasteiger partial charge >= 0.3 is 0 Å². The van der Waals surface area contributed by atoms with E-state index in [4.69, 9.17) is 4.74 Å². The van der Waals surface area contributed by atoms with Gasteiger partial charge in [0, 0.05) is 17.8 Å². The van der Waals surface area contributed by atoms with Crippen molar-refractivity contribution in [2.45, 2.75) is 18.9 Å². The van der Waals surface area contributed by atoms with Crippen molar-refractivity contribution >= 4 is 22.2 Å². The summed E-state index contributed by atoms with van der Waals surface area (Å²) in [7, 11) is 0. The minimum atomic E-state index is -0.421. The number of para-hydroxylation sites is 1. The number of carbonyl (C=O) groups excluding carboxylic acids is 1. The minimum absolute atomic E-state index is 0.0436. The lowest BCUT2D eigenvalue weighted by Crippen LogP contribution is -2.39. The van der Waals surface area contributed by atoms with Crippen LogP contribution < -0.4 is 15.6 Å². The van der Waals surface area contributed by atoms with Crippen LogP contribution in [0.3, 0.4) is 0 Å². The standard InChI is InChI=1S/C17H15N3O3S/c21-15(13-10-19-17-20(16(13)22)7-8-24-17)18-9-12-6-5-11-3-1-2-4-14(11)23-12/h1-4,7-8,10,12H,5-6,9H2,(H,18,21)/t12-/m1/s1. The third-order valence-electron chi connectivity index (χ3n) is 4.08. The topological polar surface area (TPSA) is 72.7 Å². The number of ether oxygens (including phenoxy) is 1. The van der Waals surface area contributed by atoms with E-state index in [2.05, 4.69) is 10.3 Å². The summed E-state index contributed by atoms with van der Waals surface area (Å²) in [4.78, 5) is 29.3. The van der Waals surface area contributed by atoms with Crippen LogP contribution in [-0.2, 0) is 6.42 Å². The van der Waals surface area contributed by atoms with Gasteiger partial charge in [0.05, 0.1) is 6.54 Å². The van der Waals surface area contributed by atoms with Crippen molar-refractivity contribution in [3.63, 3.8) is 0 Å². The Morgan fingerprint density at radius 1 is 1.42 bits per heavy atom. The molecule has 0 fully saturated rings. The fourth-order valence-corrected chi connectivity index (χ4v) is 3.48. The van der Waals surface area contributed by atoms with Crippen molar-refractivity contribution in [1.82, 2.24) is 14.7 Å². The third-order valence-corrected chi connectivity index (χ3v) is 4.85. The predicted molar refractivity (Wildman–Crippen MR) is 90.9 cm³/mol. The Balaban J connectivity index is 1.45. The second-order valence-corrected chi connectivity index (χ2v) is 6.50. The number of rotatable bonds is 3. The van der Waals surface area contributed by atoms with E-state index in [1.165, 1.54) is 27.5 Å². The molecule has 1 N–H and O–H groups in total. The van der Waals surface area contributed by atoms with E-state index in [0.29, 0.717) is 11.5 Å². The van der Waals surface area contributed by atoms with Crippen molar-refractivity contribution < 1.29 is 9.53 Å². The Hall–Kier alpha value is -2.67. The molecule has 0 bridgehead atoms. The molecule has 1 aromatic carbocycles. The molecule has 24 heavy (non-hydrogen) atoms. The highest BCUT2D eigenvalue weighted by Crippen LogP contribution is 2.26. The number of hydrogen-bond acceptors (Lipinski definition) is 5. The molecular formula is C17H15N3O3S. The van der Waals surface area contributed by atoms with Gasteiger partial charge in [0.2, 0.25) is 0 Å². The van der Waals surface area contributed by atoms with Gasteiger partial charge in [-0.1, -0.05) is 18.2 Å². The lowest BCUT2D eigenvalue weighted by molar-refractivity contribution is 0.0916. The van der Waals surface area contributed by atoms with Gasteiger partial charge in [-0.15, -0.1) is 11.3 Å². The van der Waals surface area contributed by atoms with Crippen molar-refractivity contribution in [1.29, 1.82) is 0 Å². The van der Waals surface area contributed by atoms with Crippen LogP contribution in [-0.4, -0.2) is 27.9 Å². The van der Waals surface area contributed by atoms with Crippen molar-refractivity contribution in [3.8, 4) is 5.75 Å². The SMILES string of the molecule is O=C(NC[C@H]1CCc2ccccc2O1)c1cnc2sccn2c1=O. The molecule has 4 rings (SSSR count). The number of carbonyl (C=O) groups is 1. The van der Waals surface area contributed by atoms with Gasteiger partial charge in [-0.2, -0.15) is 0 Å². The largest absolute Gasteiger partial charge is 0.488 e. The van der Waals surface area contributed by atoms with Crippen LogP contribution in [0.1, 0.15) is 22.3 Å². The number of aromatic nitrogens is 2. The van der Waals surface area contributed by atoms with Gasteiger partial charge in [0.1, 0.15) is 17.4 Å². The first-order valence-corrected chi connectivity index (χ1v) is 8.58. The average molecular weight is 341 g/mol. The van der Waals surface area contributed by atoms with Crippen LogP contribution in [0.5, 0.6) is 5.75 Å². The quantitative estimate of drug-likeness (QED) is 0.789. The maximum atomic E-state index is 12.3.